The number of allylic oxidation sites excluding steroid dienone is 10. The maximum Gasteiger partial charge on any atom is 0.270 e. The monoisotopic (exact) mass is 760 g/mol. The van der Waals surface area contributed by atoms with Gasteiger partial charge in [0.25, 0.3) is 11.4 Å². The number of nitrogens with zero attached hydrogens (tertiary/aromatic N) is 4. The number of thiophene rings is 2. The van der Waals surface area contributed by atoms with Crippen molar-refractivity contribution in [1.29, 1.82) is 10.5 Å². The summed E-state index contributed by atoms with van der Waals surface area (Å²) in [4.78, 5) is 37.6. The minimum Gasteiger partial charge on any atom is -0.289 e. The predicted octanol–water partition coefficient (Wildman–Crippen LogP) is 12.1. The molecule has 2 saturated carbocycles. The van der Waals surface area contributed by atoms with Gasteiger partial charge in [-0.2, -0.15) is 0 Å². The molecule has 2 spiro atoms. The molecule has 6 nitrogen and oxygen atoms in total. The average molecular weight is 761 g/mol. The molecule has 10 rings (SSSR count). The second-order valence-electron chi connectivity index (χ2n) is 15.6. The summed E-state index contributed by atoms with van der Waals surface area (Å²) in [7, 11) is 0. The van der Waals surface area contributed by atoms with E-state index in [0.717, 1.165) is 75.4 Å². The van der Waals surface area contributed by atoms with Crippen molar-refractivity contribution < 1.29 is 9.59 Å². The molecule has 6 aliphatic carbocycles. The first-order valence-electron chi connectivity index (χ1n) is 19.2. The van der Waals surface area contributed by atoms with E-state index in [1.165, 1.54) is 30.3 Å². The molecule has 4 aromatic rings. The van der Waals surface area contributed by atoms with E-state index in [1.54, 1.807) is 12.1 Å². The highest BCUT2D eigenvalue weighted by atomic mass is 32.1. The molecule has 6 aliphatic rings. The van der Waals surface area contributed by atoms with Crippen LogP contribution in [0.1, 0.15) is 117 Å². The Labute approximate surface area is 333 Å². The normalized spacial score (nSPS) is 22.9. The predicted molar refractivity (Wildman–Crippen MR) is 221 cm³/mol. The summed E-state index contributed by atoms with van der Waals surface area (Å²) < 4.78 is 2.63. The number of hydrogen-bond acceptors (Lipinski definition) is 6. The van der Waals surface area contributed by atoms with E-state index in [4.69, 9.17) is 13.1 Å². The first-order chi connectivity index (χ1) is 27.4. The van der Waals surface area contributed by atoms with Gasteiger partial charge in [0.15, 0.2) is 11.6 Å². The Morgan fingerprint density at radius 1 is 0.607 bits per heavy atom. The quantitative estimate of drug-likeness (QED) is 0.116. The van der Waals surface area contributed by atoms with Crippen molar-refractivity contribution in [3.8, 4) is 12.1 Å². The van der Waals surface area contributed by atoms with Crippen LogP contribution in [0.5, 0.6) is 0 Å². The van der Waals surface area contributed by atoms with Crippen LogP contribution in [-0.4, -0.2) is 11.6 Å². The summed E-state index contributed by atoms with van der Waals surface area (Å²) in [6.45, 7) is 15.6. The van der Waals surface area contributed by atoms with Gasteiger partial charge in [-0.3, -0.25) is 9.59 Å². The van der Waals surface area contributed by atoms with Gasteiger partial charge < -0.3 is 0 Å². The molecule has 0 bridgehead atoms. The minimum absolute atomic E-state index is 0.0586. The van der Waals surface area contributed by atoms with E-state index in [1.807, 2.05) is 71.2 Å². The van der Waals surface area contributed by atoms with Crippen LogP contribution < -0.4 is 0 Å². The molecular formula is C48H32N4O2S2. The maximum absolute atomic E-state index is 14.0. The van der Waals surface area contributed by atoms with Gasteiger partial charge >= 0.3 is 0 Å². The van der Waals surface area contributed by atoms with Gasteiger partial charge in [-0.05, 0) is 83.4 Å². The average Bonchev–Trinajstić information content (AvgIpc) is 4.03. The van der Waals surface area contributed by atoms with E-state index in [0.29, 0.717) is 44.5 Å². The van der Waals surface area contributed by atoms with Crippen molar-refractivity contribution in [2.75, 3.05) is 0 Å². The highest BCUT2D eigenvalue weighted by Crippen LogP contribution is 2.64. The van der Waals surface area contributed by atoms with E-state index >= 15 is 0 Å². The summed E-state index contributed by atoms with van der Waals surface area (Å²) in [6.07, 6.45) is 19.1. The Balaban J connectivity index is 1.14. The van der Waals surface area contributed by atoms with Crippen LogP contribution >= 0.6 is 22.7 Å². The standard InChI is InChI=1S/C48H32N4O2S2/c1-51-35(25-49)39-29-13-5-7-15-31(29)43(53)33(39)21-27-23-37-41(47(27)17-9-3-10-18-47)45-46(55-37)42-38(56-45)24-28(48(42)19-11-4-12-20-48)22-34-40(36(26-50)52-2)30-14-6-8-16-32(30)44(34)54/h5-8,13-16,21-24H,3-4,9-12,17-20H2/b33-21-,34-22-,39-35-,40-36+. The van der Waals surface area contributed by atoms with E-state index in [9.17, 15) is 20.1 Å². The van der Waals surface area contributed by atoms with E-state index < -0.39 is 0 Å². The molecule has 268 valence electrons. The van der Waals surface area contributed by atoms with E-state index in [-0.39, 0.29) is 33.8 Å². The van der Waals surface area contributed by atoms with Gasteiger partial charge in [-0.1, -0.05) is 87.1 Å². The van der Waals surface area contributed by atoms with Gasteiger partial charge in [0, 0.05) is 54.0 Å². The molecule has 0 N–H and O–H groups in total. The molecule has 0 radical (unpaired) electrons. The number of rotatable bonds is 2. The summed E-state index contributed by atoms with van der Waals surface area (Å²) in [6, 6.07) is 18.7. The molecule has 2 aromatic carbocycles. The Hall–Kier alpha value is -6.16. The number of nitriles is 2. The molecule has 0 unspecified atom stereocenters. The number of benzene rings is 2. The van der Waals surface area contributed by atoms with Crippen LogP contribution in [0.25, 0.3) is 42.4 Å². The lowest BCUT2D eigenvalue weighted by atomic mass is 9.66. The van der Waals surface area contributed by atoms with E-state index in [2.05, 4.69) is 34.0 Å². The fourth-order valence-corrected chi connectivity index (χ4v) is 13.8. The molecule has 8 heteroatoms. The lowest BCUT2D eigenvalue weighted by molar-refractivity contribution is 0.103. The summed E-state index contributed by atoms with van der Waals surface area (Å²) >= 11 is 3.68. The number of carbonyl (C=O) groups is 2. The molecule has 56 heavy (non-hydrogen) atoms. The fourth-order valence-electron chi connectivity index (χ4n) is 10.6. The van der Waals surface area contributed by atoms with Crippen LogP contribution in [0.15, 0.2) is 94.4 Å². The van der Waals surface area contributed by atoms with Crippen LogP contribution in [-0.2, 0) is 10.8 Å². The molecule has 0 aliphatic heterocycles. The summed E-state index contributed by atoms with van der Waals surface area (Å²) in [5.74, 6) is -0.277. The van der Waals surface area contributed by atoms with Gasteiger partial charge in [-0.15, -0.1) is 22.7 Å². The van der Waals surface area contributed by atoms with Crippen molar-refractivity contribution in [2.45, 2.75) is 75.0 Å². The minimum atomic E-state index is -0.272. The highest BCUT2D eigenvalue weighted by Gasteiger charge is 2.50. The first-order valence-corrected chi connectivity index (χ1v) is 20.8. The summed E-state index contributed by atoms with van der Waals surface area (Å²) in [5, 5.41) is 20.0. The third kappa shape index (κ3) is 4.55. The van der Waals surface area contributed by atoms with Crippen molar-refractivity contribution >= 4 is 66.9 Å². The largest absolute Gasteiger partial charge is 0.289 e. The van der Waals surface area contributed by atoms with Crippen molar-refractivity contribution in [3.05, 3.63) is 160 Å². The fraction of sp³-hybridized carbons (Fsp3) is 0.250. The first kappa shape index (κ1) is 34.3. The lowest BCUT2D eigenvalue weighted by Gasteiger charge is -2.37. The molecule has 0 atom stereocenters. The lowest BCUT2D eigenvalue weighted by Crippen LogP contribution is -2.29. The number of Topliss-reactive ketones (excluding diaryl/α,β-unsaturated/α-hetero) is 2. The van der Waals surface area contributed by atoms with Crippen LogP contribution in [0.2, 0.25) is 0 Å². The van der Waals surface area contributed by atoms with Crippen LogP contribution in [0.4, 0.5) is 0 Å². The number of fused-ring (bicyclic) bond motifs is 9. The second-order valence-corrected chi connectivity index (χ2v) is 17.7. The Bertz CT molecular complexity index is 2670. The molecule has 0 saturated heterocycles. The zero-order valence-electron chi connectivity index (χ0n) is 30.4. The number of carbonyl (C=O) groups excluding carboxylic acids is 2. The van der Waals surface area contributed by atoms with Gasteiger partial charge in [0.2, 0.25) is 0 Å². The smallest absolute Gasteiger partial charge is 0.270 e. The maximum atomic E-state index is 14.0. The SMILES string of the molecule is [C-]#[N+]/C(C#N)=C1\C(=C\C2=Cc3sc4c5c(sc4c3C23CCCCC3)C=C(/C=C2\C(=O)c3ccccc3\C2=C(\C#N)[N+]#[C-])C52CCCCC2)C(=O)c2ccccc21. The van der Waals surface area contributed by atoms with Crippen LogP contribution in [0.3, 0.4) is 0 Å². The van der Waals surface area contributed by atoms with Crippen molar-refractivity contribution in [2.24, 2.45) is 0 Å². The molecule has 2 aromatic heterocycles. The van der Waals surface area contributed by atoms with Crippen molar-refractivity contribution in [3.63, 3.8) is 0 Å². The van der Waals surface area contributed by atoms with Gasteiger partial charge in [0.1, 0.15) is 0 Å². The third-order valence-electron chi connectivity index (χ3n) is 13.0. The van der Waals surface area contributed by atoms with Gasteiger partial charge in [0.05, 0.1) is 34.7 Å². The Morgan fingerprint density at radius 3 is 1.34 bits per heavy atom. The zero-order valence-corrected chi connectivity index (χ0v) is 32.1. The molecular weight excluding hydrogens is 729 g/mol. The molecule has 2 fully saturated rings. The molecule has 0 amide bonds. The molecule has 2 heterocycles. The number of hydrogen-bond donors (Lipinski definition) is 0. The second kappa shape index (κ2) is 12.7. The van der Waals surface area contributed by atoms with Crippen molar-refractivity contribution in [1.82, 2.24) is 0 Å². The topological polar surface area (TPSA) is 90.4 Å². The highest BCUT2D eigenvalue weighted by molar-refractivity contribution is 7.29. The summed E-state index contributed by atoms with van der Waals surface area (Å²) in [5.41, 5.74) is 8.40. The van der Waals surface area contributed by atoms with Crippen LogP contribution in [0, 0.1) is 35.8 Å². The third-order valence-corrected chi connectivity index (χ3v) is 15.5. The Morgan fingerprint density at radius 2 is 0.982 bits per heavy atom. The van der Waals surface area contributed by atoms with Gasteiger partial charge in [-0.25, -0.2) is 20.2 Å². The Kier molecular flexibility index (Phi) is 7.78. The number of ketones is 2. The zero-order chi connectivity index (χ0) is 38.3.